The molecule has 0 aliphatic carbocycles. The third kappa shape index (κ3) is 3.36. The van der Waals surface area contributed by atoms with Gasteiger partial charge in [-0.3, -0.25) is 4.98 Å². The predicted octanol–water partition coefficient (Wildman–Crippen LogP) is 2.73. The number of aromatic nitrogens is 2. The van der Waals surface area contributed by atoms with E-state index in [1.54, 1.807) is 12.3 Å². The van der Waals surface area contributed by atoms with Crippen molar-refractivity contribution < 1.29 is 9.84 Å². The van der Waals surface area contributed by atoms with E-state index in [9.17, 15) is 5.11 Å². The van der Waals surface area contributed by atoms with Crippen LogP contribution < -0.4 is 4.74 Å². The molecular weight excluding hydrogens is 301 g/mol. The van der Waals surface area contributed by atoms with Crippen molar-refractivity contribution in [2.24, 2.45) is 0 Å². The summed E-state index contributed by atoms with van der Waals surface area (Å²) in [5, 5.41) is 18.4. The minimum atomic E-state index is -0.268. The van der Waals surface area contributed by atoms with Crippen molar-refractivity contribution in [3.8, 4) is 11.9 Å². The van der Waals surface area contributed by atoms with E-state index >= 15 is 0 Å². The second-order valence-electron chi connectivity index (χ2n) is 3.87. The van der Waals surface area contributed by atoms with E-state index in [-0.39, 0.29) is 29.3 Å². The Hall–Kier alpha value is -1.87. The third-order valence-electron chi connectivity index (χ3n) is 2.44. The van der Waals surface area contributed by atoms with E-state index in [0.29, 0.717) is 16.7 Å². The first kappa shape index (κ1) is 14.5. The summed E-state index contributed by atoms with van der Waals surface area (Å²) in [7, 11) is 0. The lowest BCUT2D eigenvalue weighted by Crippen LogP contribution is -2.02. The summed E-state index contributed by atoms with van der Waals surface area (Å²) < 4.78 is 5.49. The van der Waals surface area contributed by atoms with Crippen LogP contribution in [0.15, 0.2) is 24.5 Å². The Kier molecular flexibility index (Phi) is 4.74. The molecule has 102 valence electrons. The topological polar surface area (TPSA) is 79.0 Å². The summed E-state index contributed by atoms with van der Waals surface area (Å²) in [6.07, 6.45) is 3.04. The Balaban J connectivity index is 2.18. The fourth-order valence-corrected chi connectivity index (χ4v) is 1.81. The molecule has 0 unspecified atom stereocenters. The number of aliphatic hydroxyl groups excluding tert-OH is 1. The van der Waals surface area contributed by atoms with Gasteiger partial charge in [-0.15, -0.1) is 0 Å². The quantitative estimate of drug-likeness (QED) is 0.878. The van der Waals surface area contributed by atoms with E-state index < -0.39 is 0 Å². The first-order valence-electron chi connectivity index (χ1n) is 5.56. The highest BCUT2D eigenvalue weighted by Gasteiger charge is 2.10. The molecule has 0 aliphatic heterocycles. The van der Waals surface area contributed by atoms with Crippen molar-refractivity contribution in [3.63, 3.8) is 0 Å². The largest absolute Gasteiger partial charge is 0.472 e. The van der Waals surface area contributed by atoms with Gasteiger partial charge in [0.05, 0.1) is 17.2 Å². The predicted molar refractivity (Wildman–Crippen MR) is 73.5 cm³/mol. The highest BCUT2D eigenvalue weighted by molar-refractivity contribution is 6.41. The number of ether oxygens (including phenoxy) is 1. The molecule has 0 atom stereocenters. The molecule has 5 nitrogen and oxygen atoms in total. The van der Waals surface area contributed by atoms with Crippen molar-refractivity contribution in [1.29, 1.82) is 5.26 Å². The van der Waals surface area contributed by atoms with Crippen LogP contribution in [0.1, 0.15) is 16.7 Å². The molecule has 0 bridgehead atoms. The van der Waals surface area contributed by atoms with Gasteiger partial charge in [0.15, 0.2) is 5.15 Å². The Bertz CT molecular complexity index is 671. The molecule has 20 heavy (non-hydrogen) atoms. The number of rotatable bonds is 4. The lowest BCUT2D eigenvalue weighted by molar-refractivity contribution is 0.252. The van der Waals surface area contributed by atoms with Crippen molar-refractivity contribution in [2.45, 2.75) is 13.2 Å². The van der Waals surface area contributed by atoms with Crippen LogP contribution in [-0.2, 0) is 13.2 Å². The standard InChI is InChI=1S/C13H9Cl2N3O2/c14-11-2-10(6-19)13(18-12(11)15)20-7-9-1-8(3-16)4-17-5-9/h1-2,4-5,19H,6-7H2. The molecule has 0 spiro atoms. The average molecular weight is 310 g/mol. The highest BCUT2D eigenvalue weighted by Crippen LogP contribution is 2.27. The fourth-order valence-electron chi connectivity index (χ4n) is 1.51. The number of halogens is 2. The molecule has 0 aliphatic rings. The van der Waals surface area contributed by atoms with Crippen LogP contribution in [0.2, 0.25) is 10.2 Å². The molecule has 2 rings (SSSR count). The van der Waals surface area contributed by atoms with Crippen molar-refractivity contribution in [1.82, 2.24) is 9.97 Å². The lowest BCUT2D eigenvalue weighted by atomic mass is 10.2. The van der Waals surface area contributed by atoms with Crippen LogP contribution in [0.4, 0.5) is 0 Å². The maximum absolute atomic E-state index is 9.24. The molecule has 0 aromatic carbocycles. The molecule has 2 aromatic heterocycles. The molecule has 2 aromatic rings. The van der Waals surface area contributed by atoms with E-state index in [4.69, 9.17) is 33.2 Å². The minimum absolute atomic E-state index is 0.0998. The molecule has 1 N–H and O–H groups in total. The zero-order valence-corrected chi connectivity index (χ0v) is 11.7. The van der Waals surface area contributed by atoms with Gasteiger partial charge in [0, 0.05) is 23.5 Å². The maximum Gasteiger partial charge on any atom is 0.220 e. The zero-order chi connectivity index (χ0) is 14.5. The van der Waals surface area contributed by atoms with Crippen LogP contribution in [0.3, 0.4) is 0 Å². The average Bonchev–Trinajstić information content (AvgIpc) is 2.48. The molecule has 2 heterocycles. The van der Waals surface area contributed by atoms with Crippen molar-refractivity contribution in [3.05, 3.63) is 51.4 Å². The highest BCUT2D eigenvalue weighted by atomic mass is 35.5. The summed E-state index contributed by atoms with van der Waals surface area (Å²) >= 11 is 11.6. The van der Waals surface area contributed by atoms with Crippen molar-refractivity contribution in [2.75, 3.05) is 0 Å². The number of hydrogen-bond donors (Lipinski definition) is 1. The van der Waals surface area contributed by atoms with Gasteiger partial charge in [-0.2, -0.15) is 10.2 Å². The van der Waals surface area contributed by atoms with E-state index in [2.05, 4.69) is 9.97 Å². The lowest BCUT2D eigenvalue weighted by Gasteiger charge is -2.10. The van der Waals surface area contributed by atoms with Gasteiger partial charge in [-0.05, 0) is 12.1 Å². The molecule has 7 heteroatoms. The summed E-state index contributed by atoms with van der Waals surface area (Å²) in [5.41, 5.74) is 1.58. The normalized spacial score (nSPS) is 10.1. The summed E-state index contributed by atoms with van der Waals surface area (Å²) in [4.78, 5) is 7.89. The number of nitriles is 1. The van der Waals surface area contributed by atoms with Gasteiger partial charge in [0.1, 0.15) is 12.7 Å². The van der Waals surface area contributed by atoms with Gasteiger partial charge >= 0.3 is 0 Å². The molecule has 0 radical (unpaired) electrons. The summed E-state index contributed by atoms with van der Waals surface area (Å²) in [6, 6.07) is 5.14. The first-order valence-corrected chi connectivity index (χ1v) is 6.32. The van der Waals surface area contributed by atoms with Gasteiger partial charge in [-0.1, -0.05) is 23.2 Å². The maximum atomic E-state index is 9.24. The van der Waals surface area contributed by atoms with Crippen LogP contribution in [0, 0.1) is 11.3 Å². The molecular formula is C13H9Cl2N3O2. The summed E-state index contributed by atoms with van der Waals surface area (Å²) in [5.74, 6) is 0.198. The number of nitrogens with zero attached hydrogens (tertiary/aromatic N) is 3. The minimum Gasteiger partial charge on any atom is -0.472 e. The Morgan fingerprint density at radius 2 is 2.10 bits per heavy atom. The Morgan fingerprint density at radius 3 is 2.80 bits per heavy atom. The van der Waals surface area contributed by atoms with Crippen LogP contribution >= 0.6 is 23.2 Å². The van der Waals surface area contributed by atoms with E-state index in [1.165, 1.54) is 12.3 Å². The molecule has 0 saturated heterocycles. The van der Waals surface area contributed by atoms with Crippen LogP contribution in [-0.4, -0.2) is 15.1 Å². The summed E-state index contributed by atoms with van der Waals surface area (Å²) in [6.45, 7) is -0.115. The Labute approximate surface area is 125 Å². The number of pyridine rings is 2. The second-order valence-corrected chi connectivity index (χ2v) is 4.63. The smallest absolute Gasteiger partial charge is 0.220 e. The van der Waals surface area contributed by atoms with Gasteiger partial charge in [-0.25, -0.2) is 0 Å². The number of hydrogen-bond acceptors (Lipinski definition) is 5. The van der Waals surface area contributed by atoms with E-state index in [0.717, 1.165) is 0 Å². The van der Waals surface area contributed by atoms with Crippen LogP contribution in [0.5, 0.6) is 5.88 Å². The molecule has 0 saturated carbocycles. The number of aliphatic hydroxyl groups is 1. The van der Waals surface area contributed by atoms with E-state index in [1.807, 2.05) is 6.07 Å². The fraction of sp³-hybridized carbons (Fsp3) is 0.154. The SMILES string of the molecule is N#Cc1cncc(COc2nc(Cl)c(Cl)cc2CO)c1. The zero-order valence-electron chi connectivity index (χ0n) is 10.2. The molecule has 0 fully saturated rings. The Morgan fingerprint density at radius 1 is 1.30 bits per heavy atom. The monoisotopic (exact) mass is 309 g/mol. The molecule has 0 amide bonds. The van der Waals surface area contributed by atoms with Crippen LogP contribution in [0.25, 0.3) is 0 Å². The first-order chi connectivity index (χ1) is 9.63. The van der Waals surface area contributed by atoms with Crippen molar-refractivity contribution >= 4 is 23.2 Å². The second kappa shape index (κ2) is 6.53. The third-order valence-corrected chi connectivity index (χ3v) is 3.12. The van der Waals surface area contributed by atoms with Gasteiger partial charge in [0.25, 0.3) is 0 Å². The van der Waals surface area contributed by atoms with Gasteiger partial charge < -0.3 is 9.84 Å². The van der Waals surface area contributed by atoms with Gasteiger partial charge in [0.2, 0.25) is 5.88 Å².